The molecule has 2 aliphatic heterocycles. The zero-order valence-electron chi connectivity index (χ0n) is 21.5. The van der Waals surface area contributed by atoms with E-state index in [0.29, 0.717) is 36.0 Å². The minimum absolute atomic E-state index is 0.0843. The van der Waals surface area contributed by atoms with Crippen molar-refractivity contribution in [2.45, 2.75) is 50.2 Å². The Labute approximate surface area is 222 Å². The molecule has 2 aliphatic rings. The summed E-state index contributed by atoms with van der Waals surface area (Å²) in [5, 5.41) is 3.76. The summed E-state index contributed by atoms with van der Waals surface area (Å²) in [7, 11) is 0. The van der Waals surface area contributed by atoms with Crippen molar-refractivity contribution in [2.24, 2.45) is 0 Å². The first-order valence-corrected chi connectivity index (χ1v) is 13.1. The van der Waals surface area contributed by atoms with Gasteiger partial charge in [-0.3, -0.25) is 9.29 Å². The van der Waals surface area contributed by atoms with E-state index in [9.17, 15) is 22.0 Å². The molecule has 0 spiro atoms. The number of aromatic amines is 1. The Bertz CT molecular complexity index is 1300. The number of H-pyrrole nitrogens is 1. The SMILES string of the molecule is CC1Cc2c([nH]c3cc(F)ccc23)C(c2c(F)cc(NC3CCN(CCCF)C3)cc2F)N1CC(F)(F)CF. The molecule has 0 bridgehead atoms. The van der Waals surface area contributed by atoms with Crippen molar-refractivity contribution in [3.8, 4) is 0 Å². The first-order valence-electron chi connectivity index (χ1n) is 13.1. The number of anilines is 1. The summed E-state index contributed by atoms with van der Waals surface area (Å²) in [6, 6.07) is 4.32. The van der Waals surface area contributed by atoms with Crippen LogP contribution in [0.2, 0.25) is 0 Å². The number of rotatable bonds is 9. The molecule has 1 saturated heterocycles. The highest BCUT2D eigenvalue weighted by atomic mass is 19.3. The molecule has 212 valence electrons. The van der Waals surface area contributed by atoms with Crippen LogP contribution in [0.3, 0.4) is 0 Å². The zero-order chi connectivity index (χ0) is 27.9. The minimum atomic E-state index is -3.73. The van der Waals surface area contributed by atoms with Crippen LogP contribution in [0.4, 0.5) is 36.4 Å². The topological polar surface area (TPSA) is 34.3 Å². The van der Waals surface area contributed by atoms with Gasteiger partial charge in [0.2, 0.25) is 0 Å². The molecular weight excluding hydrogens is 525 g/mol. The molecule has 4 nitrogen and oxygen atoms in total. The van der Waals surface area contributed by atoms with Crippen molar-refractivity contribution < 1.29 is 30.7 Å². The van der Waals surface area contributed by atoms with E-state index < -0.39 is 60.9 Å². The van der Waals surface area contributed by atoms with Crippen LogP contribution in [-0.4, -0.2) is 72.3 Å². The number of nitrogens with one attached hydrogen (secondary N) is 2. The lowest BCUT2D eigenvalue weighted by Gasteiger charge is -2.42. The number of likely N-dealkylation sites (tertiary alicyclic amines) is 1. The Morgan fingerprint density at radius 1 is 1.08 bits per heavy atom. The second-order valence-electron chi connectivity index (χ2n) is 10.7. The molecule has 3 atom stereocenters. The Balaban J connectivity index is 1.52. The van der Waals surface area contributed by atoms with E-state index in [2.05, 4.69) is 15.2 Å². The maximum Gasteiger partial charge on any atom is 0.288 e. The van der Waals surface area contributed by atoms with Crippen LogP contribution in [0, 0.1) is 17.5 Å². The average molecular weight is 557 g/mol. The fraction of sp³-hybridized carbons (Fsp3) is 0.500. The van der Waals surface area contributed by atoms with Gasteiger partial charge in [-0.2, -0.15) is 0 Å². The summed E-state index contributed by atoms with van der Waals surface area (Å²) in [5.41, 5.74) is 1.08. The lowest BCUT2D eigenvalue weighted by Crippen LogP contribution is -2.49. The van der Waals surface area contributed by atoms with E-state index in [1.165, 1.54) is 17.0 Å². The molecule has 0 saturated carbocycles. The molecule has 1 fully saturated rings. The van der Waals surface area contributed by atoms with Gasteiger partial charge in [0.05, 0.1) is 19.3 Å². The number of hydrogen-bond acceptors (Lipinski definition) is 3. The van der Waals surface area contributed by atoms with Gasteiger partial charge in [0.15, 0.2) is 6.67 Å². The van der Waals surface area contributed by atoms with Gasteiger partial charge in [0.1, 0.15) is 17.5 Å². The first-order chi connectivity index (χ1) is 18.6. The quantitative estimate of drug-likeness (QED) is 0.301. The number of hydrogen-bond donors (Lipinski definition) is 2. The smallest absolute Gasteiger partial charge is 0.288 e. The van der Waals surface area contributed by atoms with E-state index >= 15 is 8.78 Å². The van der Waals surface area contributed by atoms with Gasteiger partial charge in [-0.05, 0) is 62.1 Å². The van der Waals surface area contributed by atoms with Crippen molar-refractivity contribution in [3.63, 3.8) is 0 Å². The van der Waals surface area contributed by atoms with Gasteiger partial charge < -0.3 is 15.2 Å². The molecule has 39 heavy (non-hydrogen) atoms. The lowest BCUT2D eigenvalue weighted by atomic mass is 9.87. The number of nitrogens with zero attached hydrogens (tertiary/aromatic N) is 2. The van der Waals surface area contributed by atoms with E-state index in [1.54, 1.807) is 13.0 Å². The maximum absolute atomic E-state index is 15.7. The fourth-order valence-electron chi connectivity index (χ4n) is 6.00. The molecular formula is C28H31F7N4. The van der Waals surface area contributed by atoms with Crippen LogP contribution < -0.4 is 5.32 Å². The third-order valence-corrected chi connectivity index (χ3v) is 7.78. The molecule has 0 aliphatic carbocycles. The Morgan fingerprint density at radius 2 is 1.82 bits per heavy atom. The number of alkyl halides is 4. The molecule has 5 rings (SSSR count). The van der Waals surface area contributed by atoms with Crippen LogP contribution in [0.25, 0.3) is 10.9 Å². The first kappa shape index (κ1) is 27.8. The van der Waals surface area contributed by atoms with Crippen LogP contribution in [0.1, 0.15) is 42.6 Å². The summed E-state index contributed by atoms with van der Waals surface area (Å²) in [6.45, 7) is 0.223. The summed E-state index contributed by atoms with van der Waals surface area (Å²) < 4.78 is 99.8. The van der Waals surface area contributed by atoms with E-state index in [0.717, 1.165) is 25.1 Å². The second kappa shape index (κ2) is 11.0. The van der Waals surface area contributed by atoms with Gasteiger partial charge in [-0.15, -0.1) is 0 Å². The van der Waals surface area contributed by atoms with Gasteiger partial charge in [0.25, 0.3) is 5.92 Å². The van der Waals surface area contributed by atoms with Gasteiger partial charge in [-0.25, -0.2) is 26.3 Å². The summed E-state index contributed by atoms with van der Waals surface area (Å²) in [6.07, 6.45) is 1.40. The normalized spacial score (nSPS) is 22.5. The summed E-state index contributed by atoms with van der Waals surface area (Å²) in [5.74, 6) is -6.12. The van der Waals surface area contributed by atoms with Gasteiger partial charge in [-0.1, -0.05) is 0 Å². The highest BCUT2D eigenvalue weighted by Crippen LogP contribution is 2.44. The van der Waals surface area contributed by atoms with Gasteiger partial charge in [0, 0.05) is 59.6 Å². The Morgan fingerprint density at radius 3 is 2.51 bits per heavy atom. The predicted molar refractivity (Wildman–Crippen MR) is 136 cm³/mol. The highest BCUT2D eigenvalue weighted by Gasteiger charge is 2.44. The van der Waals surface area contributed by atoms with Crippen LogP contribution in [0.5, 0.6) is 0 Å². The zero-order valence-corrected chi connectivity index (χ0v) is 21.5. The third-order valence-electron chi connectivity index (χ3n) is 7.78. The molecule has 11 heteroatoms. The number of halogens is 7. The molecule has 3 aromatic rings. The molecule has 0 amide bonds. The van der Waals surface area contributed by atoms with E-state index in [1.807, 2.05) is 0 Å². The fourth-order valence-corrected chi connectivity index (χ4v) is 6.00. The standard InChI is InChI=1S/C28H31F7N4/c1-16-9-21-20-4-3-17(31)10-24(20)37-26(21)27(39(16)15-28(34,35)14-30)25-22(32)11-19(12-23(25)33)36-18-5-8-38(13-18)7-2-6-29/h3-4,10-12,16,18,27,36-37H,2,5-9,13-15H2,1H3. The predicted octanol–water partition coefficient (Wildman–Crippen LogP) is 6.37. The second-order valence-corrected chi connectivity index (χ2v) is 10.7. The molecule has 1 aromatic heterocycles. The van der Waals surface area contributed by atoms with Gasteiger partial charge >= 0.3 is 0 Å². The number of fused-ring (bicyclic) bond motifs is 3. The molecule has 0 radical (unpaired) electrons. The molecule has 2 N–H and O–H groups in total. The summed E-state index contributed by atoms with van der Waals surface area (Å²) >= 11 is 0. The highest BCUT2D eigenvalue weighted by molar-refractivity contribution is 5.85. The van der Waals surface area contributed by atoms with E-state index in [-0.39, 0.29) is 23.8 Å². The van der Waals surface area contributed by atoms with E-state index in [4.69, 9.17) is 0 Å². The van der Waals surface area contributed by atoms with Crippen LogP contribution in [-0.2, 0) is 6.42 Å². The van der Waals surface area contributed by atoms with Crippen molar-refractivity contribution >= 4 is 16.6 Å². The van der Waals surface area contributed by atoms with Crippen LogP contribution in [0.15, 0.2) is 30.3 Å². The molecule has 3 unspecified atom stereocenters. The lowest BCUT2D eigenvalue weighted by molar-refractivity contribution is -0.0678. The maximum atomic E-state index is 15.7. The number of aromatic nitrogens is 1. The molecule has 2 aromatic carbocycles. The monoisotopic (exact) mass is 556 g/mol. The summed E-state index contributed by atoms with van der Waals surface area (Å²) in [4.78, 5) is 6.29. The largest absolute Gasteiger partial charge is 0.381 e. The molecule has 3 heterocycles. The Hall–Kier alpha value is -2.79. The van der Waals surface area contributed by atoms with Crippen molar-refractivity contribution in [3.05, 3.63) is 64.6 Å². The third kappa shape index (κ3) is 5.61. The van der Waals surface area contributed by atoms with Crippen LogP contribution >= 0.6 is 0 Å². The van der Waals surface area contributed by atoms with Crippen molar-refractivity contribution in [1.29, 1.82) is 0 Å². The van der Waals surface area contributed by atoms with Crippen molar-refractivity contribution in [1.82, 2.24) is 14.8 Å². The van der Waals surface area contributed by atoms with Crippen molar-refractivity contribution in [2.75, 3.05) is 44.8 Å². The Kier molecular flexibility index (Phi) is 7.83. The number of benzene rings is 2. The average Bonchev–Trinajstić information content (AvgIpc) is 3.47. The minimum Gasteiger partial charge on any atom is -0.381 e.